The maximum atomic E-state index is 12.4. The fourth-order valence-electron chi connectivity index (χ4n) is 2.17. The average Bonchev–Trinajstić information content (AvgIpc) is 2.61. The second kappa shape index (κ2) is 7.86. The van der Waals surface area contributed by atoms with Gasteiger partial charge in [0.2, 0.25) is 10.0 Å². The second-order valence-electron chi connectivity index (χ2n) is 5.14. The SMILES string of the molecule is COC(=O)[C@H](Cc1ccccc1)NS(=O)(=O)c1ccc([N+](=O)[O-])cc1. The molecule has 2 aromatic rings. The number of hydrogen-bond acceptors (Lipinski definition) is 6. The fourth-order valence-corrected chi connectivity index (χ4v) is 3.35. The predicted octanol–water partition coefficient (Wildman–Crippen LogP) is 1.66. The predicted molar refractivity (Wildman–Crippen MR) is 89.4 cm³/mol. The summed E-state index contributed by atoms with van der Waals surface area (Å²) in [7, 11) is -2.88. The number of hydrogen-bond donors (Lipinski definition) is 1. The molecule has 1 N–H and O–H groups in total. The lowest BCUT2D eigenvalue weighted by atomic mass is 10.1. The molecule has 0 aliphatic carbocycles. The first-order chi connectivity index (χ1) is 11.8. The normalized spacial score (nSPS) is 12.4. The van der Waals surface area contributed by atoms with Crippen molar-refractivity contribution in [3.63, 3.8) is 0 Å². The molecule has 0 saturated heterocycles. The van der Waals surface area contributed by atoms with Crippen LogP contribution in [0.1, 0.15) is 5.56 Å². The zero-order valence-corrected chi connectivity index (χ0v) is 14.1. The van der Waals surface area contributed by atoms with Crippen molar-refractivity contribution in [3.05, 3.63) is 70.3 Å². The van der Waals surface area contributed by atoms with Gasteiger partial charge in [0, 0.05) is 12.1 Å². The third-order valence-corrected chi connectivity index (χ3v) is 4.91. The molecule has 2 aromatic carbocycles. The Hall–Kier alpha value is -2.78. The van der Waals surface area contributed by atoms with Gasteiger partial charge in [0.1, 0.15) is 6.04 Å². The highest BCUT2D eigenvalue weighted by Crippen LogP contribution is 2.16. The van der Waals surface area contributed by atoms with Crippen molar-refractivity contribution in [2.75, 3.05) is 7.11 Å². The van der Waals surface area contributed by atoms with Crippen LogP contribution < -0.4 is 4.72 Å². The summed E-state index contributed by atoms with van der Waals surface area (Å²) in [5.74, 6) is -0.727. The van der Waals surface area contributed by atoms with E-state index in [0.29, 0.717) is 0 Å². The monoisotopic (exact) mass is 364 g/mol. The van der Waals surface area contributed by atoms with Crippen LogP contribution in [-0.2, 0) is 26.0 Å². The van der Waals surface area contributed by atoms with E-state index in [-0.39, 0.29) is 17.0 Å². The molecule has 2 rings (SSSR count). The summed E-state index contributed by atoms with van der Waals surface area (Å²) in [6.07, 6.45) is 0.111. The summed E-state index contributed by atoms with van der Waals surface area (Å²) >= 11 is 0. The summed E-state index contributed by atoms with van der Waals surface area (Å²) < 4.78 is 31.8. The first kappa shape index (κ1) is 18.6. The number of nitro groups is 1. The van der Waals surface area contributed by atoms with Crippen molar-refractivity contribution < 1.29 is 22.9 Å². The molecule has 0 fully saturated rings. The Morgan fingerprint density at radius 3 is 2.28 bits per heavy atom. The molecule has 8 nitrogen and oxygen atoms in total. The summed E-state index contributed by atoms with van der Waals surface area (Å²) in [4.78, 5) is 21.8. The van der Waals surface area contributed by atoms with Crippen molar-refractivity contribution in [1.82, 2.24) is 4.72 Å². The molecule has 9 heteroatoms. The number of methoxy groups -OCH3 is 1. The highest BCUT2D eigenvalue weighted by Gasteiger charge is 2.27. The lowest BCUT2D eigenvalue weighted by Gasteiger charge is -2.16. The number of nitro benzene ring substituents is 1. The van der Waals surface area contributed by atoms with E-state index < -0.39 is 27.0 Å². The van der Waals surface area contributed by atoms with Gasteiger partial charge in [-0.05, 0) is 24.1 Å². The standard InChI is InChI=1S/C16H16N2O6S/c1-24-16(19)15(11-12-5-3-2-4-6-12)17-25(22,23)14-9-7-13(8-10-14)18(20)21/h2-10,15,17H,11H2,1H3/t15-/m0/s1. The van der Waals surface area contributed by atoms with E-state index in [0.717, 1.165) is 29.8 Å². The summed E-state index contributed by atoms with van der Waals surface area (Å²) in [6, 6.07) is 12.1. The van der Waals surface area contributed by atoms with Gasteiger partial charge in [-0.25, -0.2) is 8.42 Å². The van der Waals surface area contributed by atoms with Crippen LogP contribution in [0.3, 0.4) is 0 Å². The van der Waals surface area contributed by atoms with Gasteiger partial charge in [-0.1, -0.05) is 30.3 Å². The minimum atomic E-state index is -4.05. The maximum Gasteiger partial charge on any atom is 0.324 e. The Morgan fingerprint density at radius 1 is 1.16 bits per heavy atom. The van der Waals surface area contributed by atoms with E-state index in [1.165, 1.54) is 7.11 Å². The van der Waals surface area contributed by atoms with Crippen LogP contribution in [0.5, 0.6) is 0 Å². The van der Waals surface area contributed by atoms with Gasteiger partial charge >= 0.3 is 5.97 Å². The van der Waals surface area contributed by atoms with Crippen LogP contribution >= 0.6 is 0 Å². The van der Waals surface area contributed by atoms with Gasteiger partial charge in [-0.15, -0.1) is 0 Å². The minimum absolute atomic E-state index is 0.111. The number of sulfonamides is 1. The van der Waals surface area contributed by atoms with Gasteiger partial charge in [0.05, 0.1) is 16.9 Å². The summed E-state index contributed by atoms with van der Waals surface area (Å²) in [5.41, 5.74) is 0.525. The molecular formula is C16H16N2O6S. The summed E-state index contributed by atoms with van der Waals surface area (Å²) in [5, 5.41) is 10.7. The number of nitrogens with zero attached hydrogens (tertiary/aromatic N) is 1. The van der Waals surface area contributed by atoms with Crippen LogP contribution in [0.25, 0.3) is 0 Å². The van der Waals surface area contributed by atoms with Crippen molar-refractivity contribution >= 4 is 21.7 Å². The zero-order chi connectivity index (χ0) is 18.4. The molecule has 0 heterocycles. The van der Waals surface area contributed by atoms with E-state index in [1.54, 1.807) is 30.3 Å². The topological polar surface area (TPSA) is 116 Å². The fraction of sp³-hybridized carbons (Fsp3) is 0.188. The molecular weight excluding hydrogens is 348 g/mol. The molecule has 0 amide bonds. The van der Waals surface area contributed by atoms with Gasteiger partial charge < -0.3 is 4.74 Å². The second-order valence-corrected chi connectivity index (χ2v) is 6.85. The average molecular weight is 364 g/mol. The van der Waals surface area contributed by atoms with E-state index in [9.17, 15) is 23.3 Å². The highest BCUT2D eigenvalue weighted by molar-refractivity contribution is 7.89. The van der Waals surface area contributed by atoms with Gasteiger partial charge in [0.25, 0.3) is 5.69 Å². The van der Waals surface area contributed by atoms with Crippen LogP contribution in [0.2, 0.25) is 0 Å². The number of nitrogens with one attached hydrogen (secondary N) is 1. The Bertz CT molecular complexity index is 850. The molecule has 0 aliphatic heterocycles. The molecule has 0 radical (unpaired) electrons. The molecule has 1 atom stereocenters. The summed E-state index contributed by atoms with van der Waals surface area (Å²) in [6.45, 7) is 0. The molecule has 0 aliphatic rings. The molecule has 0 saturated carbocycles. The first-order valence-corrected chi connectivity index (χ1v) is 8.70. The van der Waals surface area contributed by atoms with E-state index in [1.807, 2.05) is 0 Å². The number of carbonyl (C=O) groups is 1. The third-order valence-electron chi connectivity index (χ3n) is 3.42. The van der Waals surface area contributed by atoms with Crippen LogP contribution in [0.15, 0.2) is 59.5 Å². The smallest absolute Gasteiger partial charge is 0.324 e. The van der Waals surface area contributed by atoms with Crippen molar-refractivity contribution in [2.45, 2.75) is 17.4 Å². The lowest BCUT2D eigenvalue weighted by molar-refractivity contribution is -0.384. The number of non-ortho nitro benzene ring substituents is 1. The Kier molecular flexibility index (Phi) is 5.84. The van der Waals surface area contributed by atoms with Crippen molar-refractivity contribution in [1.29, 1.82) is 0 Å². The van der Waals surface area contributed by atoms with Crippen LogP contribution in [0, 0.1) is 10.1 Å². The molecule has 0 aromatic heterocycles. The first-order valence-electron chi connectivity index (χ1n) is 7.22. The highest BCUT2D eigenvalue weighted by atomic mass is 32.2. The van der Waals surface area contributed by atoms with Gasteiger partial charge in [0.15, 0.2) is 0 Å². The third kappa shape index (κ3) is 4.85. The van der Waals surface area contributed by atoms with Crippen LogP contribution in [0.4, 0.5) is 5.69 Å². The van der Waals surface area contributed by atoms with Crippen molar-refractivity contribution in [2.24, 2.45) is 0 Å². The molecule has 25 heavy (non-hydrogen) atoms. The van der Waals surface area contributed by atoms with E-state index in [4.69, 9.17) is 0 Å². The molecule has 0 bridgehead atoms. The van der Waals surface area contributed by atoms with Gasteiger partial charge in [-0.3, -0.25) is 14.9 Å². The van der Waals surface area contributed by atoms with Gasteiger partial charge in [-0.2, -0.15) is 4.72 Å². The number of carbonyl (C=O) groups excluding carboxylic acids is 1. The number of ether oxygens (including phenoxy) is 1. The lowest BCUT2D eigenvalue weighted by Crippen LogP contribution is -2.42. The Balaban J connectivity index is 2.24. The number of benzene rings is 2. The Morgan fingerprint density at radius 2 is 1.76 bits per heavy atom. The number of esters is 1. The quantitative estimate of drug-likeness (QED) is 0.454. The van der Waals surface area contributed by atoms with Crippen LogP contribution in [-0.4, -0.2) is 32.5 Å². The largest absolute Gasteiger partial charge is 0.468 e. The molecule has 0 unspecified atom stereocenters. The number of rotatable bonds is 7. The van der Waals surface area contributed by atoms with E-state index >= 15 is 0 Å². The zero-order valence-electron chi connectivity index (χ0n) is 13.3. The molecule has 0 spiro atoms. The Labute approximate surface area is 144 Å². The minimum Gasteiger partial charge on any atom is -0.468 e. The van der Waals surface area contributed by atoms with E-state index in [2.05, 4.69) is 9.46 Å². The maximum absolute atomic E-state index is 12.4. The molecule has 132 valence electrons. The van der Waals surface area contributed by atoms with Crippen molar-refractivity contribution in [3.8, 4) is 0 Å².